The molecule has 0 aliphatic carbocycles. The van der Waals surface area contributed by atoms with Crippen molar-refractivity contribution < 1.29 is 19.1 Å². The minimum Gasteiger partial charge on any atom is -0.396 e. The summed E-state index contributed by atoms with van der Waals surface area (Å²) in [5.41, 5.74) is 0.403. The van der Waals surface area contributed by atoms with Gasteiger partial charge in [-0.2, -0.15) is 0 Å². The summed E-state index contributed by atoms with van der Waals surface area (Å²) in [6, 6.07) is 4.09. The van der Waals surface area contributed by atoms with E-state index in [4.69, 9.17) is 16.7 Å². The van der Waals surface area contributed by atoms with Gasteiger partial charge in [-0.25, -0.2) is 4.39 Å². The van der Waals surface area contributed by atoms with Crippen LogP contribution in [0.4, 0.5) is 10.1 Å². The molecule has 1 aliphatic rings. The Bertz CT molecular complexity index is 597. The molecule has 0 aromatic heterocycles. The van der Waals surface area contributed by atoms with E-state index in [9.17, 15) is 14.0 Å². The summed E-state index contributed by atoms with van der Waals surface area (Å²) in [7, 11) is 0. The van der Waals surface area contributed by atoms with Gasteiger partial charge in [0.05, 0.1) is 10.9 Å². The predicted octanol–water partition coefficient (Wildman–Crippen LogP) is 2.11. The van der Waals surface area contributed by atoms with E-state index in [0.717, 1.165) is 0 Å². The van der Waals surface area contributed by atoms with Crippen molar-refractivity contribution in [3.63, 3.8) is 0 Å². The number of aliphatic hydroxyl groups excluding tert-OH is 1. The van der Waals surface area contributed by atoms with Crippen LogP contribution in [-0.4, -0.2) is 36.1 Å². The highest BCUT2D eigenvalue weighted by atomic mass is 35.5. The molecular formula is C16H20ClFN2O3. The first-order valence-corrected chi connectivity index (χ1v) is 7.96. The minimum absolute atomic E-state index is 0.00704. The Morgan fingerprint density at radius 1 is 1.57 bits per heavy atom. The van der Waals surface area contributed by atoms with E-state index in [0.29, 0.717) is 18.5 Å². The number of halogens is 2. The van der Waals surface area contributed by atoms with E-state index in [-0.39, 0.29) is 42.5 Å². The van der Waals surface area contributed by atoms with E-state index >= 15 is 0 Å². The van der Waals surface area contributed by atoms with Crippen LogP contribution in [0.1, 0.15) is 26.2 Å². The van der Waals surface area contributed by atoms with Crippen LogP contribution in [0.5, 0.6) is 0 Å². The number of nitrogens with one attached hydrogen (secondary N) is 1. The Kier molecular flexibility index (Phi) is 5.96. The third-order valence-corrected chi connectivity index (χ3v) is 4.20. The third kappa shape index (κ3) is 4.42. The molecule has 2 atom stereocenters. The topological polar surface area (TPSA) is 69.6 Å². The van der Waals surface area contributed by atoms with Crippen molar-refractivity contribution in [2.75, 3.05) is 18.1 Å². The Labute approximate surface area is 139 Å². The fourth-order valence-electron chi connectivity index (χ4n) is 2.62. The first-order chi connectivity index (χ1) is 10.9. The second-order valence-electron chi connectivity index (χ2n) is 5.78. The van der Waals surface area contributed by atoms with E-state index in [1.165, 1.54) is 17.0 Å². The van der Waals surface area contributed by atoms with Crippen LogP contribution in [0.25, 0.3) is 0 Å². The van der Waals surface area contributed by atoms with Crippen molar-refractivity contribution in [1.82, 2.24) is 5.32 Å². The summed E-state index contributed by atoms with van der Waals surface area (Å²) in [6.45, 7) is 2.16. The van der Waals surface area contributed by atoms with Gasteiger partial charge < -0.3 is 15.3 Å². The lowest BCUT2D eigenvalue weighted by Crippen LogP contribution is -2.38. The Hall–Kier alpha value is -1.66. The van der Waals surface area contributed by atoms with Crippen molar-refractivity contribution in [2.24, 2.45) is 5.92 Å². The van der Waals surface area contributed by atoms with Gasteiger partial charge in [-0.15, -0.1) is 0 Å². The quantitative estimate of drug-likeness (QED) is 0.832. The van der Waals surface area contributed by atoms with Crippen LogP contribution in [0.2, 0.25) is 5.02 Å². The molecule has 0 radical (unpaired) electrons. The monoisotopic (exact) mass is 342 g/mol. The number of hydrogen-bond acceptors (Lipinski definition) is 3. The molecule has 7 heteroatoms. The molecule has 1 saturated heterocycles. The highest BCUT2D eigenvalue weighted by Gasteiger charge is 2.35. The highest BCUT2D eigenvalue weighted by Crippen LogP contribution is 2.28. The lowest BCUT2D eigenvalue weighted by molar-refractivity contribution is -0.126. The molecule has 1 fully saturated rings. The van der Waals surface area contributed by atoms with Gasteiger partial charge in [0.25, 0.3) is 0 Å². The zero-order chi connectivity index (χ0) is 17.0. The number of anilines is 1. The minimum atomic E-state index is -0.595. The first-order valence-electron chi connectivity index (χ1n) is 7.59. The fraction of sp³-hybridized carbons (Fsp3) is 0.500. The lowest BCUT2D eigenvalue weighted by Gasteiger charge is -2.18. The molecular weight excluding hydrogens is 323 g/mol. The van der Waals surface area contributed by atoms with Crippen LogP contribution in [0.3, 0.4) is 0 Å². The van der Waals surface area contributed by atoms with Gasteiger partial charge in [0.1, 0.15) is 5.82 Å². The molecule has 2 unspecified atom stereocenters. The molecule has 23 heavy (non-hydrogen) atoms. The molecule has 0 spiro atoms. The second kappa shape index (κ2) is 7.75. The van der Waals surface area contributed by atoms with Crippen molar-refractivity contribution in [2.45, 2.75) is 32.2 Å². The summed E-state index contributed by atoms with van der Waals surface area (Å²) in [6.07, 6.45) is 1.39. The zero-order valence-electron chi connectivity index (χ0n) is 12.9. The van der Waals surface area contributed by atoms with E-state index in [2.05, 4.69) is 5.32 Å². The summed E-state index contributed by atoms with van der Waals surface area (Å²) in [5, 5.41) is 11.6. The molecule has 1 aromatic carbocycles. The maximum atomic E-state index is 13.5. The summed E-state index contributed by atoms with van der Waals surface area (Å²) in [5.74, 6) is -1.46. The van der Waals surface area contributed by atoms with Crippen LogP contribution in [-0.2, 0) is 9.59 Å². The number of carbonyl (C=O) groups excluding carboxylic acids is 2. The number of rotatable bonds is 6. The number of nitrogens with zero attached hydrogens (tertiary/aromatic N) is 1. The van der Waals surface area contributed by atoms with Gasteiger partial charge in [0.2, 0.25) is 11.8 Å². The lowest BCUT2D eigenvalue weighted by atomic mass is 10.1. The molecule has 5 nitrogen and oxygen atoms in total. The van der Waals surface area contributed by atoms with Crippen molar-refractivity contribution in [3.05, 3.63) is 29.0 Å². The molecule has 1 aromatic rings. The molecule has 0 saturated carbocycles. The standard InChI is InChI=1S/C16H20ClFN2O3/c1-10(3-2-6-21)19-16(23)11-7-15(22)20(9-11)12-4-5-13(17)14(18)8-12/h4-5,8,10-11,21H,2-3,6-7,9H2,1H3,(H,19,23). The molecule has 1 aliphatic heterocycles. The number of amides is 2. The summed E-state index contributed by atoms with van der Waals surface area (Å²) < 4.78 is 13.5. The number of benzene rings is 1. The Balaban J connectivity index is 1.98. The van der Waals surface area contributed by atoms with Crippen LogP contribution in [0, 0.1) is 11.7 Å². The van der Waals surface area contributed by atoms with E-state index < -0.39 is 11.7 Å². The van der Waals surface area contributed by atoms with Crippen LogP contribution >= 0.6 is 11.6 Å². The summed E-state index contributed by atoms with van der Waals surface area (Å²) in [4.78, 5) is 25.7. The molecule has 2 rings (SSSR count). The number of hydrogen-bond donors (Lipinski definition) is 2. The predicted molar refractivity (Wildman–Crippen MR) is 85.8 cm³/mol. The second-order valence-corrected chi connectivity index (χ2v) is 6.19. The molecule has 126 valence electrons. The molecule has 2 N–H and O–H groups in total. The first kappa shape index (κ1) is 17.7. The van der Waals surface area contributed by atoms with Crippen LogP contribution < -0.4 is 10.2 Å². The van der Waals surface area contributed by atoms with E-state index in [1.54, 1.807) is 6.07 Å². The number of aliphatic hydroxyl groups is 1. The average Bonchev–Trinajstić information content (AvgIpc) is 2.90. The van der Waals surface area contributed by atoms with Crippen molar-refractivity contribution in [3.8, 4) is 0 Å². The van der Waals surface area contributed by atoms with Gasteiger partial charge in [-0.05, 0) is 38.0 Å². The van der Waals surface area contributed by atoms with Gasteiger partial charge in [0, 0.05) is 31.3 Å². The average molecular weight is 343 g/mol. The van der Waals surface area contributed by atoms with Crippen LogP contribution in [0.15, 0.2) is 18.2 Å². The molecule has 1 heterocycles. The Morgan fingerprint density at radius 2 is 2.30 bits per heavy atom. The molecule has 0 bridgehead atoms. The SMILES string of the molecule is CC(CCCO)NC(=O)C1CC(=O)N(c2ccc(Cl)c(F)c2)C1. The number of carbonyl (C=O) groups is 2. The maximum Gasteiger partial charge on any atom is 0.227 e. The van der Waals surface area contributed by atoms with Gasteiger partial charge in [-0.1, -0.05) is 11.6 Å². The maximum absolute atomic E-state index is 13.5. The largest absolute Gasteiger partial charge is 0.396 e. The van der Waals surface area contributed by atoms with Gasteiger partial charge in [0.15, 0.2) is 0 Å². The molecule has 2 amide bonds. The van der Waals surface area contributed by atoms with Crippen molar-refractivity contribution >= 4 is 29.1 Å². The normalized spacial score (nSPS) is 19.0. The van der Waals surface area contributed by atoms with Crippen molar-refractivity contribution in [1.29, 1.82) is 0 Å². The van der Waals surface area contributed by atoms with Gasteiger partial charge >= 0.3 is 0 Å². The zero-order valence-corrected chi connectivity index (χ0v) is 13.6. The Morgan fingerprint density at radius 3 is 2.96 bits per heavy atom. The van der Waals surface area contributed by atoms with E-state index in [1.807, 2.05) is 6.92 Å². The highest BCUT2D eigenvalue weighted by molar-refractivity contribution is 6.30. The summed E-state index contributed by atoms with van der Waals surface area (Å²) >= 11 is 5.64. The fourth-order valence-corrected chi connectivity index (χ4v) is 2.73. The van der Waals surface area contributed by atoms with Gasteiger partial charge in [-0.3, -0.25) is 9.59 Å². The smallest absolute Gasteiger partial charge is 0.227 e. The third-order valence-electron chi connectivity index (χ3n) is 3.89.